The summed E-state index contributed by atoms with van der Waals surface area (Å²) in [6.45, 7) is 0. The Morgan fingerprint density at radius 3 is 2.37 bits per heavy atom. The van der Waals surface area contributed by atoms with Crippen molar-refractivity contribution in [1.29, 1.82) is 0 Å². The Bertz CT molecular complexity index is 1120. The topological polar surface area (TPSA) is 66.9 Å². The molecule has 4 aromatic rings. The zero-order valence-corrected chi connectivity index (χ0v) is 14.9. The van der Waals surface area contributed by atoms with Gasteiger partial charge >= 0.3 is 0 Å². The van der Waals surface area contributed by atoms with Gasteiger partial charge in [0.2, 0.25) is 5.82 Å². The number of nitrogens with one attached hydrogen (secondary N) is 2. The van der Waals surface area contributed by atoms with Gasteiger partial charge in [-0.25, -0.2) is 9.97 Å². The average Bonchev–Trinajstić information content (AvgIpc) is 2.69. The van der Waals surface area contributed by atoms with Crippen LogP contribution in [0.15, 0.2) is 78.9 Å². The molecule has 0 atom stereocenters. The van der Waals surface area contributed by atoms with Crippen LogP contribution in [0.3, 0.4) is 0 Å². The zero-order valence-electron chi connectivity index (χ0n) is 14.2. The molecule has 6 heteroatoms. The standard InChI is InChI=1S/C21H15ClN4O/c22-14-7-6-10-16(13-14)24-21(27)20-25-18-12-5-4-11-17(18)19(26-20)23-15-8-2-1-3-9-15/h1-13H,(H,24,27)(H,23,25,26). The van der Waals surface area contributed by atoms with Gasteiger partial charge in [0.1, 0.15) is 5.82 Å². The molecule has 0 aliphatic carbocycles. The van der Waals surface area contributed by atoms with Gasteiger partial charge in [-0.05, 0) is 42.5 Å². The largest absolute Gasteiger partial charge is 0.340 e. The highest BCUT2D eigenvalue weighted by molar-refractivity contribution is 6.30. The Labute approximate surface area is 161 Å². The molecule has 1 heterocycles. The number of benzene rings is 3. The van der Waals surface area contributed by atoms with Crippen molar-refractivity contribution in [3.63, 3.8) is 0 Å². The molecule has 0 spiro atoms. The molecular weight excluding hydrogens is 360 g/mol. The Kier molecular flexibility index (Phi) is 4.68. The van der Waals surface area contributed by atoms with E-state index < -0.39 is 5.91 Å². The predicted octanol–water partition coefficient (Wildman–Crippen LogP) is 5.28. The Hall–Kier alpha value is -3.44. The number of hydrogen-bond donors (Lipinski definition) is 2. The fourth-order valence-electron chi connectivity index (χ4n) is 2.68. The summed E-state index contributed by atoms with van der Waals surface area (Å²) in [6, 6.07) is 24.1. The summed E-state index contributed by atoms with van der Waals surface area (Å²) < 4.78 is 0. The first-order chi connectivity index (χ1) is 13.2. The van der Waals surface area contributed by atoms with Crippen LogP contribution in [-0.4, -0.2) is 15.9 Å². The minimum Gasteiger partial charge on any atom is -0.340 e. The number of rotatable bonds is 4. The van der Waals surface area contributed by atoms with E-state index in [1.165, 1.54) is 0 Å². The van der Waals surface area contributed by atoms with Crippen LogP contribution in [0.2, 0.25) is 5.02 Å². The smallest absolute Gasteiger partial charge is 0.293 e. The lowest BCUT2D eigenvalue weighted by Crippen LogP contribution is -2.16. The summed E-state index contributed by atoms with van der Waals surface area (Å²) in [7, 11) is 0. The maximum Gasteiger partial charge on any atom is 0.293 e. The fraction of sp³-hybridized carbons (Fsp3) is 0. The van der Waals surface area contributed by atoms with Crippen molar-refractivity contribution < 1.29 is 4.79 Å². The third-order valence-corrected chi connectivity index (χ3v) is 4.16. The van der Waals surface area contributed by atoms with Gasteiger partial charge in [-0.2, -0.15) is 0 Å². The Morgan fingerprint density at radius 1 is 0.815 bits per heavy atom. The van der Waals surface area contributed by atoms with E-state index in [9.17, 15) is 4.79 Å². The maximum absolute atomic E-state index is 12.7. The molecule has 1 aromatic heterocycles. The number of hydrogen-bond acceptors (Lipinski definition) is 4. The molecule has 0 bridgehead atoms. The minimum atomic E-state index is -0.404. The Morgan fingerprint density at radius 2 is 1.56 bits per heavy atom. The van der Waals surface area contributed by atoms with Gasteiger partial charge in [-0.15, -0.1) is 0 Å². The summed E-state index contributed by atoms with van der Waals surface area (Å²) in [4.78, 5) is 21.5. The molecule has 2 N–H and O–H groups in total. The van der Waals surface area contributed by atoms with E-state index in [4.69, 9.17) is 11.6 Å². The van der Waals surface area contributed by atoms with E-state index in [0.717, 1.165) is 11.1 Å². The number of halogens is 1. The molecule has 0 fully saturated rings. The fourth-order valence-corrected chi connectivity index (χ4v) is 2.88. The third-order valence-electron chi connectivity index (χ3n) is 3.93. The summed E-state index contributed by atoms with van der Waals surface area (Å²) in [5.41, 5.74) is 2.14. The van der Waals surface area contributed by atoms with Gasteiger partial charge in [0.25, 0.3) is 5.91 Å². The first-order valence-corrected chi connectivity index (χ1v) is 8.72. The molecular formula is C21H15ClN4O. The van der Waals surface area contributed by atoms with Crippen LogP contribution in [0.5, 0.6) is 0 Å². The second kappa shape index (κ2) is 7.43. The van der Waals surface area contributed by atoms with Gasteiger partial charge < -0.3 is 10.6 Å². The summed E-state index contributed by atoms with van der Waals surface area (Å²) >= 11 is 5.98. The monoisotopic (exact) mass is 374 g/mol. The van der Waals surface area contributed by atoms with Crippen LogP contribution in [-0.2, 0) is 0 Å². The lowest BCUT2D eigenvalue weighted by atomic mass is 10.2. The quantitative estimate of drug-likeness (QED) is 0.510. The zero-order chi connectivity index (χ0) is 18.6. The lowest BCUT2D eigenvalue weighted by molar-refractivity contribution is 0.101. The van der Waals surface area contributed by atoms with E-state index in [1.54, 1.807) is 24.3 Å². The molecule has 132 valence electrons. The highest BCUT2D eigenvalue weighted by Gasteiger charge is 2.14. The van der Waals surface area contributed by atoms with Crippen molar-refractivity contribution >= 4 is 45.6 Å². The van der Waals surface area contributed by atoms with Crippen LogP contribution >= 0.6 is 11.6 Å². The number of amides is 1. The van der Waals surface area contributed by atoms with Crippen LogP contribution in [0.4, 0.5) is 17.2 Å². The normalized spacial score (nSPS) is 10.6. The number of carbonyl (C=O) groups is 1. The molecule has 0 radical (unpaired) electrons. The Balaban J connectivity index is 1.71. The first-order valence-electron chi connectivity index (χ1n) is 8.35. The average molecular weight is 375 g/mol. The SMILES string of the molecule is O=C(Nc1cccc(Cl)c1)c1nc(Nc2ccccc2)c2ccccc2n1. The maximum atomic E-state index is 12.7. The number of anilines is 3. The van der Waals surface area contributed by atoms with Crippen molar-refractivity contribution in [2.45, 2.75) is 0 Å². The number of nitrogens with zero attached hydrogens (tertiary/aromatic N) is 2. The molecule has 3 aromatic carbocycles. The number of para-hydroxylation sites is 2. The molecule has 27 heavy (non-hydrogen) atoms. The van der Waals surface area contributed by atoms with Crippen LogP contribution in [0.1, 0.15) is 10.6 Å². The third kappa shape index (κ3) is 3.88. The van der Waals surface area contributed by atoms with E-state index in [2.05, 4.69) is 20.6 Å². The highest BCUT2D eigenvalue weighted by Crippen LogP contribution is 2.24. The molecule has 0 saturated carbocycles. The van der Waals surface area contributed by atoms with Crippen LogP contribution < -0.4 is 10.6 Å². The molecule has 0 unspecified atom stereocenters. The molecule has 0 saturated heterocycles. The van der Waals surface area contributed by atoms with E-state index in [0.29, 0.717) is 22.0 Å². The van der Waals surface area contributed by atoms with E-state index in [-0.39, 0.29) is 5.82 Å². The predicted molar refractivity (Wildman–Crippen MR) is 109 cm³/mol. The van der Waals surface area contributed by atoms with Crippen LogP contribution in [0, 0.1) is 0 Å². The summed E-state index contributed by atoms with van der Waals surface area (Å²) in [5, 5.41) is 7.42. The van der Waals surface area contributed by atoms with Crippen molar-refractivity contribution in [3.05, 3.63) is 89.7 Å². The van der Waals surface area contributed by atoms with Crippen molar-refractivity contribution in [2.75, 3.05) is 10.6 Å². The minimum absolute atomic E-state index is 0.0760. The lowest BCUT2D eigenvalue weighted by Gasteiger charge is -2.11. The van der Waals surface area contributed by atoms with Crippen molar-refractivity contribution in [2.24, 2.45) is 0 Å². The van der Waals surface area contributed by atoms with E-state index in [1.807, 2.05) is 54.6 Å². The molecule has 1 amide bonds. The first kappa shape index (κ1) is 17.0. The number of fused-ring (bicyclic) bond motifs is 1. The van der Waals surface area contributed by atoms with Gasteiger partial charge in [-0.1, -0.05) is 48.0 Å². The van der Waals surface area contributed by atoms with Gasteiger partial charge in [-0.3, -0.25) is 4.79 Å². The van der Waals surface area contributed by atoms with Crippen LogP contribution in [0.25, 0.3) is 10.9 Å². The van der Waals surface area contributed by atoms with Gasteiger partial charge in [0, 0.05) is 21.8 Å². The second-order valence-electron chi connectivity index (χ2n) is 5.87. The molecule has 0 aliphatic heterocycles. The van der Waals surface area contributed by atoms with Gasteiger partial charge in [0.15, 0.2) is 0 Å². The van der Waals surface area contributed by atoms with Crippen molar-refractivity contribution in [1.82, 2.24) is 9.97 Å². The van der Waals surface area contributed by atoms with Crippen molar-refractivity contribution in [3.8, 4) is 0 Å². The summed E-state index contributed by atoms with van der Waals surface area (Å²) in [6.07, 6.45) is 0. The molecule has 0 aliphatic rings. The van der Waals surface area contributed by atoms with E-state index >= 15 is 0 Å². The molecule has 5 nitrogen and oxygen atoms in total. The number of aromatic nitrogens is 2. The highest BCUT2D eigenvalue weighted by atomic mass is 35.5. The van der Waals surface area contributed by atoms with Gasteiger partial charge in [0.05, 0.1) is 5.52 Å². The summed E-state index contributed by atoms with van der Waals surface area (Å²) in [5.74, 6) is 0.245. The second-order valence-corrected chi connectivity index (χ2v) is 6.30. The number of carbonyl (C=O) groups excluding carboxylic acids is 1. The molecule has 4 rings (SSSR count).